The fourth-order valence-corrected chi connectivity index (χ4v) is 2.34. The monoisotopic (exact) mass is 304 g/mol. The zero-order chi connectivity index (χ0) is 16.5. The molecule has 0 unspecified atom stereocenters. The van der Waals surface area contributed by atoms with Crippen LogP contribution in [0.1, 0.15) is 31.0 Å². The van der Waals surface area contributed by atoms with Gasteiger partial charge in [-0.2, -0.15) is 0 Å². The summed E-state index contributed by atoms with van der Waals surface area (Å²) in [7, 11) is 0. The topological polar surface area (TPSA) is 25.2 Å². The van der Waals surface area contributed by atoms with Crippen molar-refractivity contribution < 1.29 is 0 Å². The molecule has 2 rings (SSSR count). The molecule has 0 saturated carbocycles. The van der Waals surface area contributed by atoms with Gasteiger partial charge in [-0.25, -0.2) is 0 Å². The summed E-state index contributed by atoms with van der Waals surface area (Å²) in [6.07, 6.45) is 9.91. The molecule has 0 radical (unpaired) electrons. The number of aliphatic imine (C=N–C) groups is 1. The molecule has 0 bridgehead atoms. The molecule has 0 spiro atoms. The van der Waals surface area contributed by atoms with Crippen LogP contribution in [-0.4, -0.2) is 17.7 Å². The van der Waals surface area contributed by atoms with Crippen molar-refractivity contribution in [1.29, 1.82) is 0 Å². The van der Waals surface area contributed by atoms with Crippen LogP contribution < -0.4 is 0 Å². The maximum Gasteiger partial charge on any atom is 0.0451 e. The highest BCUT2D eigenvalue weighted by molar-refractivity contribution is 5.89. The van der Waals surface area contributed by atoms with Crippen molar-refractivity contribution in [1.82, 2.24) is 4.98 Å². The highest BCUT2D eigenvalue weighted by Gasteiger charge is 2.06. The fourth-order valence-electron chi connectivity index (χ4n) is 2.34. The van der Waals surface area contributed by atoms with Gasteiger partial charge in [-0.05, 0) is 36.6 Å². The first-order valence-electron chi connectivity index (χ1n) is 8.11. The summed E-state index contributed by atoms with van der Waals surface area (Å²) in [6.45, 7) is 9.00. The molecule has 23 heavy (non-hydrogen) atoms. The molecule has 0 aliphatic carbocycles. The molecule has 2 heteroatoms. The standard InChI is InChI=1S/C21H24N2/c1-4-6-13-22-14-12-18(5-2)20-15-21(17(3)23-16-20)19-10-8-7-9-11-19/h5,7-12,14-16H,2,4,6,13H2,1,3H3/b18-12+,22-14?. The number of aryl methyl sites for hydroxylation is 1. The number of allylic oxidation sites excluding steroid dienone is 3. The first-order chi connectivity index (χ1) is 11.3. The summed E-state index contributed by atoms with van der Waals surface area (Å²) >= 11 is 0. The van der Waals surface area contributed by atoms with Crippen LogP contribution in [0.25, 0.3) is 16.7 Å². The minimum Gasteiger partial charge on any atom is -0.293 e. The van der Waals surface area contributed by atoms with Crippen LogP contribution in [0.2, 0.25) is 0 Å². The molecule has 118 valence electrons. The van der Waals surface area contributed by atoms with Crippen LogP contribution in [0.4, 0.5) is 0 Å². The SMILES string of the molecule is C=C/C(=C\C=NCCCC)c1cnc(C)c(-c2ccccc2)c1. The number of hydrogen-bond donors (Lipinski definition) is 0. The van der Waals surface area contributed by atoms with E-state index >= 15 is 0 Å². The van der Waals surface area contributed by atoms with E-state index in [9.17, 15) is 0 Å². The Morgan fingerprint density at radius 1 is 1.26 bits per heavy atom. The molecule has 0 amide bonds. The summed E-state index contributed by atoms with van der Waals surface area (Å²) in [5, 5.41) is 0. The van der Waals surface area contributed by atoms with Crippen molar-refractivity contribution in [3.8, 4) is 11.1 Å². The third-order valence-corrected chi connectivity index (χ3v) is 3.73. The van der Waals surface area contributed by atoms with Crippen molar-refractivity contribution in [2.24, 2.45) is 4.99 Å². The Morgan fingerprint density at radius 2 is 2.04 bits per heavy atom. The molecule has 2 nitrogen and oxygen atoms in total. The normalized spacial score (nSPS) is 11.8. The van der Waals surface area contributed by atoms with Gasteiger partial charge in [-0.15, -0.1) is 0 Å². The molecular formula is C21H24N2. The lowest BCUT2D eigenvalue weighted by Crippen LogP contribution is -1.92. The lowest BCUT2D eigenvalue weighted by atomic mass is 9.99. The van der Waals surface area contributed by atoms with Gasteiger partial charge in [-0.1, -0.05) is 56.3 Å². The number of hydrogen-bond acceptors (Lipinski definition) is 2. The van der Waals surface area contributed by atoms with E-state index in [1.165, 1.54) is 5.56 Å². The van der Waals surface area contributed by atoms with E-state index in [4.69, 9.17) is 0 Å². The Bertz CT molecular complexity index is 697. The van der Waals surface area contributed by atoms with Gasteiger partial charge in [0.15, 0.2) is 0 Å². The molecule has 1 aromatic heterocycles. The highest BCUT2D eigenvalue weighted by Crippen LogP contribution is 2.25. The van der Waals surface area contributed by atoms with Gasteiger partial charge in [0, 0.05) is 35.8 Å². The average Bonchev–Trinajstić information content (AvgIpc) is 2.60. The van der Waals surface area contributed by atoms with Crippen LogP contribution in [0, 0.1) is 6.92 Å². The third kappa shape index (κ3) is 4.75. The molecule has 0 atom stereocenters. The number of aromatic nitrogens is 1. The van der Waals surface area contributed by atoms with E-state index in [-0.39, 0.29) is 0 Å². The number of unbranched alkanes of at least 4 members (excludes halogenated alkanes) is 1. The predicted molar refractivity (Wildman–Crippen MR) is 101 cm³/mol. The molecule has 0 aliphatic rings. The Morgan fingerprint density at radius 3 is 2.74 bits per heavy atom. The molecule has 1 aromatic carbocycles. The van der Waals surface area contributed by atoms with Gasteiger partial charge in [0.25, 0.3) is 0 Å². The van der Waals surface area contributed by atoms with Crippen molar-refractivity contribution in [3.63, 3.8) is 0 Å². The van der Waals surface area contributed by atoms with E-state index in [0.717, 1.165) is 41.8 Å². The van der Waals surface area contributed by atoms with Crippen LogP contribution >= 0.6 is 0 Å². The molecule has 0 N–H and O–H groups in total. The van der Waals surface area contributed by atoms with Gasteiger partial charge in [0.1, 0.15) is 0 Å². The zero-order valence-corrected chi connectivity index (χ0v) is 14.0. The summed E-state index contributed by atoms with van der Waals surface area (Å²) in [6, 6.07) is 12.5. The van der Waals surface area contributed by atoms with Gasteiger partial charge in [0.2, 0.25) is 0 Å². The molecular weight excluding hydrogens is 280 g/mol. The number of rotatable bonds is 7. The van der Waals surface area contributed by atoms with Crippen LogP contribution in [0.5, 0.6) is 0 Å². The molecule has 2 aromatic rings. The lowest BCUT2D eigenvalue weighted by Gasteiger charge is -2.09. The second-order valence-corrected chi connectivity index (χ2v) is 5.46. The fraction of sp³-hybridized carbons (Fsp3) is 0.238. The largest absolute Gasteiger partial charge is 0.293 e. The number of nitrogens with zero attached hydrogens (tertiary/aromatic N) is 2. The second-order valence-electron chi connectivity index (χ2n) is 5.46. The first kappa shape index (κ1) is 16.9. The van der Waals surface area contributed by atoms with Gasteiger partial charge >= 0.3 is 0 Å². The molecule has 0 aliphatic heterocycles. The zero-order valence-electron chi connectivity index (χ0n) is 14.0. The van der Waals surface area contributed by atoms with Gasteiger partial charge in [0.05, 0.1) is 0 Å². The number of benzene rings is 1. The van der Waals surface area contributed by atoms with Gasteiger partial charge in [-0.3, -0.25) is 9.98 Å². The minimum absolute atomic E-state index is 0.874. The van der Waals surface area contributed by atoms with Crippen molar-refractivity contribution >= 4 is 11.8 Å². The lowest BCUT2D eigenvalue weighted by molar-refractivity contribution is 0.810. The smallest absolute Gasteiger partial charge is 0.0451 e. The summed E-state index contributed by atoms with van der Waals surface area (Å²) in [5.41, 5.74) is 5.46. The molecule has 0 fully saturated rings. The van der Waals surface area contributed by atoms with Crippen LogP contribution in [0.3, 0.4) is 0 Å². The maximum absolute atomic E-state index is 4.55. The first-order valence-corrected chi connectivity index (χ1v) is 8.11. The molecule has 1 heterocycles. The van der Waals surface area contributed by atoms with Crippen molar-refractivity contribution in [3.05, 3.63) is 72.6 Å². The Hall–Kier alpha value is -2.48. The van der Waals surface area contributed by atoms with Crippen molar-refractivity contribution in [2.75, 3.05) is 6.54 Å². The summed E-state index contributed by atoms with van der Waals surface area (Å²) in [5.74, 6) is 0. The van der Waals surface area contributed by atoms with Crippen LogP contribution in [0.15, 0.2) is 66.3 Å². The van der Waals surface area contributed by atoms with Gasteiger partial charge < -0.3 is 0 Å². The quantitative estimate of drug-likeness (QED) is 0.377. The second kappa shape index (κ2) is 8.84. The van der Waals surface area contributed by atoms with E-state index in [1.54, 1.807) is 0 Å². The van der Waals surface area contributed by atoms with E-state index in [0.29, 0.717) is 0 Å². The third-order valence-electron chi connectivity index (χ3n) is 3.73. The van der Waals surface area contributed by atoms with E-state index in [2.05, 4.69) is 41.7 Å². The predicted octanol–water partition coefficient (Wildman–Crippen LogP) is 5.50. The number of pyridine rings is 1. The maximum atomic E-state index is 4.55. The molecule has 0 saturated heterocycles. The summed E-state index contributed by atoms with van der Waals surface area (Å²) < 4.78 is 0. The van der Waals surface area contributed by atoms with E-state index in [1.807, 2.05) is 49.7 Å². The summed E-state index contributed by atoms with van der Waals surface area (Å²) in [4.78, 5) is 8.95. The Labute approximate surface area is 139 Å². The Kier molecular flexibility index (Phi) is 6.49. The minimum atomic E-state index is 0.874. The highest BCUT2D eigenvalue weighted by atomic mass is 14.7. The Balaban J connectivity index is 2.30. The van der Waals surface area contributed by atoms with Crippen molar-refractivity contribution in [2.45, 2.75) is 26.7 Å². The van der Waals surface area contributed by atoms with Crippen LogP contribution in [-0.2, 0) is 0 Å². The average molecular weight is 304 g/mol. The van der Waals surface area contributed by atoms with E-state index < -0.39 is 0 Å².